The van der Waals surface area contributed by atoms with Gasteiger partial charge < -0.3 is 5.32 Å². The Bertz CT molecular complexity index is 527. The quantitative estimate of drug-likeness (QED) is 0.140. The largest absolute Gasteiger partial charge is 0.309 e. The SMILES string of the molecule is CCCCCCCCCCCCCCCCCC(=O)NC[N+](C)(C)c1ccccc1. The number of para-hydroxylation sites is 1. The minimum Gasteiger partial charge on any atom is -0.309 e. The molecule has 0 atom stereocenters. The third kappa shape index (κ3) is 13.8. The average Bonchev–Trinajstić information content (AvgIpc) is 2.75. The van der Waals surface area contributed by atoms with Gasteiger partial charge in [-0.3, -0.25) is 9.28 Å². The van der Waals surface area contributed by atoms with Crippen molar-refractivity contribution >= 4 is 11.6 Å². The fourth-order valence-electron chi connectivity index (χ4n) is 3.95. The Morgan fingerprint density at radius 3 is 1.60 bits per heavy atom. The average molecular weight is 418 g/mol. The Kier molecular flexibility index (Phi) is 15.4. The molecule has 1 amide bonds. The standard InChI is InChI=1S/C27H48N2O/c1-4-5-6-7-8-9-10-11-12-13-14-15-16-17-21-24-27(30)28-25-29(2,3)26-22-19-18-20-23-26/h18-20,22-23H,4-17,21,24-25H2,1-3H3/p+1. The summed E-state index contributed by atoms with van der Waals surface area (Å²) in [6.45, 7) is 2.92. The molecule has 3 heteroatoms. The first-order valence-electron chi connectivity index (χ1n) is 12.7. The van der Waals surface area contributed by atoms with Gasteiger partial charge in [-0.15, -0.1) is 0 Å². The number of nitrogens with zero attached hydrogens (tertiary/aromatic N) is 1. The second-order valence-corrected chi connectivity index (χ2v) is 9.48. The molecule has 0 bridgehead atoms. The Hall–Kier alpha value is -1.35. The third-order valence-corrected chi connectivity index (χ3v) is 6.13. The molecule has 1 N–H and O–H groups in total. The number of unbranched alkanes of at least 4 members (excludes halogenated alkanes) is 14. The molecule has 1 rings (SSSR count). The molecule has 3 nitrogen and oxygen atoms in total. The number of amides is 1. The maximum absolute atomic E-state index is 12.1. The zero-order valence-corrected chi connectivity index (χ0v) is 20.3. The molecular weight excluding hydrogens is 368 g/mol. The van der Waals surface area contributed by atoms with Crippen molar-refractivity contribution in [2.45, 2.75) is 110 Å². The van der Waals surface area contributed by atoms with Crippen LogP contribution in [0.4, 0.5) is 5.69 Å². The van der Waals surface area contributed by atoms with Crippen LogP contribution in [0.5, 0.6) is 0 Å². The molecule has 0 heterocycles. The number of carbonyl (C=O) groups is 1. The third-order valence-electron chi connectivity index (χ3n) is 6.13. The molecule has 1 aromatic carbocycles. The molecule has 0 fully saturated rings. The van der Waals surface area contributed by atoms with Crippen LogP contribution in [0.1, 0.15) is 110 Å². The maximum atomic E-state index is 12.1. The molecule has 172 valence electrons. The van der Waals surface area contributed by atoms with E-state index in [2.05, 4.69) is 38.5 Å². The molecule has 0 unspecified atom stereocenters. The molecule has 0 aliphatic heterocycles. The molecule has 0 radical (unpaired) electrons. The summed E-state index contributed by atoms with van der Waals surface area (Å²) in [5, 5.41) is 3.10. The van der Waals surface area contributed by atoms with Crippen LogP contribution in [0, 0.1) is 0 Å². The molecule has 0 aliphatic rings. The fraction of sp³-hybridized carbons (Fsp3) is 0.741. The van der Waals surface area contributed by atoms with E-state index in [0.717, 1.165) is 6.42 Å². The summed E-state index contributed by atoms with van der Waals surface area (Å²) in [6.07, 6.45) is 21.0. The van der Waals surface area contributed by atoms with Gasteiger partial charge in [0.2, 0.25) is 5.91 Å². The molecule has 0 spiro atoms. The van der Waals surface area contributed by atoms with E-state index < -0.39 is 0 Å². The van der Waals surface area contributed by atoms with Crippen molar-refractivity contribution in [2.75, 3.05) is 20.8 Å². The number of benzene rings is 1. The van der Waals surface area contributed by atoms with E-state index in [4.69, 9.17) is 0 Å². The van der Waals surface area contributed by atoms with Gasteiger partial charge in [0.15, 0.2) is 6.67 Å². The van der Waals surface area contributed by atoms with Crippen molar-refractivity contribution in [3.8, 4) is 0 Å². The summed E-state index contributed by atoms with van der Waals surface area (Å²) in [5.74, 6) is 0.187. The summed E-state index contributed by atoms with van der Waals surface area (Å²) >= 11 is 0. The normalized spacial score (nSPS) is 11.6. The van der Waals surface area contributed by atoms with Crippen molar-refractivity contribution in [3.63, 3.8) is 0 Å². The van der Waals surface area contributed by atoms with E-state index in [9.17, 15) is 4.79 Å². The van der Waals surface area contributed by atoms with Crippen LogP contribution in [-0.4, -0.2) is 26.7 Å². The molecule has 30 heavy (non-hydrogen) atoms. The fourth-order valence-corrected chi connectivity index (χ4v) is 3.95. The minimum absolute atomic E-state index is 0.187. The van der Waals surface area contributed by atoms with Crippen LogP contribution < -0.4 is 9.80 Å². The number of carbonyl (C=O) groups excluding carboxylic acids is 1. The van der Waals surface area contributed by atoms with Crippen molar-refractivity contribution in [3.05, 3.63) is 30.3 Å². The van der Waals surface area contributed by atoms with Crippen LogP contribution in [-0.2, 0) is 4.79 Å². The Labute approximate surface area is 187 Å². The summed E-state index contributed by atoms with van der Waals surface area (Å²) in [4.78, 5) is 12.1. The Morgan fingerprint density at radius 1 is 0.700 bits per heavy atom. The van der Waals surface area contributed by atoms with Crippen molar-refractivity contribution in [1.29, 1.82) is 0 Å². The van der Waals surface area contributed by atoms with Crippen LogP contribution in [0.25, 0.3) is 0 Å². The van der Waals surface area contributed by atoms with E-state index in [1.54, 1.807) is 0 Å². The van der Waals surface area contributed by atoms with Crippen LogP contribution in [0.2, 0.25) is 0 Å². The van der Waals surface area contributed by atoms with E-state index >= 15 is 0 Å². The Morgan fingerprint density at radius 2 is 1.13 bits per heavy atom. The number of nitrogens with one attached hydrogen (secondary N) is 1. The van der Waals surface area contributed by atoms with E-state index in [1.165, 1.54) is 95.6 Å². The van der Waals surface area contributed by atoms with Gasteiger partial charge in [-0.05, 0) is 18.6 Å². The van der Waals surface area contributed by atoms with Gasteiger partial charge >= 0.3 is 0 Å². The lowest BCUT2D eigenvalue weighted by Gasteiger charge is -2.29. The van der Waals surface area contributed by atoms with Gasteiger partial charge in [0, 0.05) is 6.42 Å². The molecule has 1 aromatic rings. The minimum atomic E-state index is 0.187. The summed E-state index contributed by atoms with van der Waals surface area (Å²) in [5.41, 5.74) is 1.21. The molecule has 0 aromatic heterocycles. The Balaban J connectivity index is 1.88. The predicted molar refractivity (Wildman–Crippen MR) is 133 cm³/mol. The van der Waals surface area contributed by atoms with E-state index in [0.29, 0.717) is 17.6 Å². The zero-order valence-electron chi connectivity index (χ0n) is 20.3. The number of hydrogen-bond donors (Lipinski definition) is 1. The number of rotatable bonds is 19. The summed E-state index contributed by atoms with van der Waals surface area (Å²) in [7, 11) is 4.26. The van der Waals surface area contributed by atoms with Crippen LogP contribution in [0.3, 0.4) is 0 Å². The summed E-state index contributed by atoms with van der Waals surface area (Å²) < 4.78 is 0.672. The molecule has 0 aliphatic carbocycles. The lowest BCUT2D eigenvalue weighted by molar-refractivity contribution is -0.121. The van der Waals surface area contributed by atoms with Crippen molar-refractivity contribution in [1.82, 2.24) is 9.80 Å². The van der Waals surface area contributed by atoms with Gasteiger partial charge in [-0.25, -0.2) is 0 Å². The second-order valence-electron chi connectivity index (χ2n) is 9.48. The van der Waals surface area contributed by atoms with Gasteiger partial charge in [0.25, 0.3) is 0 Å². The summed E-state index contributed by atoms with van der Waals surface area (Å²) in [6, 6.07) is 10.3. The lowest BCUT2D eigenvalue weighted by atomic mass is 10.0. The smallest absolute Gasteiger partial charge is 0.224 e. The van der Waals surface area contributed by atoms with Crippen molar-refractivity contribution in [2.24, 2.45) is 0 Å². The zero-order chi connectivity index (χ0) is 21.9. The second kappa shape index (κ2) is 17.3. The highest BCUT2D eigenvalue weighted by Gasteiger charge is 2.18. The van der Waals surface area contributed by atoms with Gasteiger partial charge in [0.1, 0.15) is 5.69 Å². The molecule has 0 saturated heterocycles. The number of hydrogen-bond acceptors (Lipinski definition) is 1. The lowest BCUT2D eigenvalue weighted by Crippen LogP contribution is -2.49. The highest BCUT2D eigenvalue weighted by Crippen LogP contribution is 2.17. The highest BCUT2D eigenvalue weighted by molar-refractivity contribution is 5.75. The van der Waals surface area contributed by atoms with Crippen LogP contribution in [0.15, 0.2) is 30.3 Å². The first-order chi connectivity index (χ1) is 14.6. The van der Waals surface area contributed by atoms with E-state index in [1.807, 2.05) is 18.2 Å². The van der Waals surface area contributed by atoms with Gasteiger partial charge in [-0.1, -0.05) is 115 Å². The number of quaternary nitrogens is 1. The molecule has 0 saturated carbocycles. The van der Waals surface area contributed by atoms with Gasteiger partial charge in [0.05, 0.1) is 14.1 Å². The van der Waals surface area contributed by atoms with Gasteiger partial charge in [-0.2, -0.15) is 0 Å². The monoisotopic (exact) mass is 417 g/mol. The first kappa shape index (κ1) is 26.7. The predicted octanol–water partition coefficient (Wildman–Crippen LogP) is 7.59. The highest BCUT2D eigenvalue weighted by atomic mass is 16.1. The van der Waals surface area contributed by atoms with E-state index in [-0.39, 0.29) is 5.91 Å². The first-order valence-corrected chi connectivity index (χ1v) is 12.7. The van der Waals surface area contributed by atoms with Crippen molar-refractivity contribution < 1.29 is 4.79 Å². The van der Waals surface area contributed by atoms with Crippen LogP contribution >= 0.6 is 0 Å². The molecular formula is C27H49N2O+. The topological polar surface area (TPSA) is 29.1 Å². The maximum Gasteiger partial charge on any atom is 0.224 e.